The minimum absolute atomic E-state index is 0.117. The predicted octanol–water partition coefficient (Wildman–Crippen LogP) is 4.17. The van der Waals surface area contributed by atoms with Crippen LogP contribution in [-0.2, 0) is 6.54 Å². The molecule has 4 aromatic rings. The molecular weight excluding hydrogens is 426 g/mol. The summed E-state index contributed by atoms with van der Waals surface area (Å²) >= 11 is 0. The number of carbonyl (C=O) groups is 1. The molecule has 1 aliphatic carbocycles. The number of nitrogens with one attached hydrogen (secondary N) is 1. The van der Waals surface area contributed by atoms with Crippen LogP contribution in [0.15, 0.2) is 59.9 Å². The van der Waals surface area contributed by atoms with Crippen molar-refractivity contribution in [3.05, 3.63) is 99.5 Å². The van der Waals surface area contributed by atoms with Gasteiger partial charge in [0.15, 0.2) is 0 Å². The first kappa shape index (κ1) is 20.9. The van der Waals surface area contributed by atoms with Gasteiger partial charge in [0.25, 0.3) is 11.5 Å². The smallest absolute Gasteiger partial charge is 0.266 e. The fraction of sp³-hybridized carbons (Fsp3) is 0.200. The van der Waals surface area contributed by atoms with Crippen LogP contribution in [0.1, 0.15) is 45.9 Å². The van der Waals surface area contributed by atoms with Crippen molar-refractivity contribution in [2.45, 2.75) is 32.2 Å². The molecule has 8 heteroatoms. The Morgan fingerprint density at radius 2 is 1.79 bits per heavy atom. The van der Waals surface area contributed by atoms with E-state index in [1.54, 1.807) is 25.1 Å². The maximum Gasteiger partial charge on any atom is 0.266 e. The number of pyridine rings is 1. The van der Waals surface area contributed by atoms with E-state index in [1.807, 2.05) is 0 Å². The highest BCUT2D eigenvalue weighted by molar-refractivity contribution is 6.08. The molecule has 5 rings (SSSR count). The van der Waals surface area contributed by atoms with Gasteiger partial charge < -0.3 is 5.32 Å². The number of aromatic nitrogens is 3. The molecule has 1 amide bonds. The zero-order chi connectivity index (χ0) is 23.1. The van der Waals surface area contributed by atoms with Crippen molar-refractivity contribution in [1.82, 2.24) is 19.9 Å². The van der Waals surface area contributed by atoms with E-state index in [4.69, 9.17) is 0 Å². The normalized spacial score (nSPS) is 13.3. The summed E-state index contributed by atoms with van der Waals surface area (Å²) in [6.45, 7) is 1.73. The third-order valence-corrected chi connectivity index (χ3v) is 6.00. The van der Waals surface area contributed by atoms with Crippen LogP contribution in [0.2, 0.25) is 0 Å². The molecule has 0 aliphatic heterocycles. The van der Waals surface area contributed by atoms with E-state index in [-0.39, 0.29) is 34.6 Å². The van der Waals surface area contributed by atoms with E-state index in [9.17, 15) is 18.4 Å². The summed E-state index contributed by atoms with van der Waals surface area (Å²) in [7, 11) is 0. The predicted molar refractivity (Wildman–Crippen MR) is 119 cm³/mol. The lowest BCUT2D eigenvalue weighted by Crippen LogP contribution is -2.30. The lowest BCUT2D eigenvalue weighted by atomic mass is 10.0. The molecule has 0 radical (unpaired) electrons. The molecule has 2 aromatic carbocycles. The summed E-state index contributed by atoms with van der Waals surface area (Å²) in [4.78, 5) is 34.4. The summed E-state index contributed by atoms with van der Waals surface area (Å²) in [6.07, 6.45) is 6.01. The van der Waals surface area contributed by atoms with Gasteiger partial charge in [-0.2, -0.15) is 0 Å². The highest BCUT2D eigenvalue weighted by atomic mass is 19.1. The van der Waals surface area contributed by atoms with E-state index < -0.39 is 17.3 Å². The third-order valence-electron chi connectivity index (χ3n) is 6.00. The van der Waals surface area contributed by atoms with Crippen LogP contribution in [0.4, 0.5) is 8.78 Å². The molecule has 0 bridgehead atoms. The van der Waals surface area contributed by atoms with Gasteiger partial charge in [-0.15, -0.1) is 0 Å². The van der Waals surface area contributed by atoms with Gasteiger partial charge >= 0.3 is 0 Å². The molecule has 0 spiro atoms. The Morgan fingerprint density at radius 3 is 2.52 bits per heavy atom. The number of nitrogens with zero attached hydrogens (tertiary/aromatic N) is 3. The van der Waals surface area contributed by atoms with Gasteiger partial charge in [0, 0.05) is 17.6 Å². The SMILES string of the molecule is Cc1c(C(=O)NCc2cccc(F)c2C2CC2)c2cccc(F)c2c(=O)n1-c1cncnc1. The lowest BCUT2D eigenvalue weighted by Gasteiger charge is -2.17. The Labute approximate surface area is 187 Å². The van der Waals surface area contributed by atoms with Gasteiger partial charge in [0.05, 0.1) is 29.0 Å². The van der Waals surface area contributed by atoms with Crippen LogP contribution in [0.25, 0.3) is 16.5 Å². The maximum absolute atomic E-state index is 14.7. The second-order valence-corrected chi connectivity index (χ2v) is 8.13. The van der Waals surface area contributed by atoms with Crippen LogP contribution < -0.4 is 10.9 Å². The van der Waals surface area contributed by atoms with E-state index in [2.05, 4.69) is 15.3 Å². The molecule has 1 fully saturated rings. The Morgan fingerprint density at radius 1 is 1.09 bits per heavy atom. The molecule has 2 aromatic heterocycles. The Hall–Kier alpha value is -3.94. The topological polar surface area (TPSA) is 76.9 Å². The molecule has 166 valence electrons. The first-order valence-corrected chi connectivity index (χ1v) is 10.6. The average molecular weight is 446 g/mol. The van der Waals surface area contributed by atoms with Gasteiger partial charge in [-0.1, -0.05) is 24.3 Å². The first-order valence-electron chi connectivity index (χ1n) is 10.6. The standard InChI is InChI=1S/C25H20F2N4O2/c1-14-21(24(32)30-10-16-4-2-6-19(26)22(16)15-8-9-15)18-5-3-7-20(27)23(18)25(33)31(14)17-11-28-13-29-12-17/h2-7,11-13,15H,8-10H2,1H3,(H,30,32). The van der Waals surface area contributed by atoms with Crippen molar-refractivity contribution in [3.63, 3.8) is 0 Å². The molecule has 33 heavy (non-hydrogen) atoms. The molecule has 1 N–H and O–H groups in total. The van der Waals surface area contributed by atoms with Crippen LogP contribution in [0.3, 0.4) is 0 Å². The number of fused-ring (bicyclic) bond motifs is 1. The quantitative estimate of drug-likeness (QED) is 0.499. The largest absolute Gasteiger partial charge is 0.348 e. The number of amides is 1. The molecular formula is C25H20F2N4O2. The summed E-state index contributed by atoms with van der Waals surface area (Å²) < 4.78 is 30.4. The minimum atomic E-state index is -0.724. The van der Waals surface area contributed by atoms with Gasteiger partial charge in [-0.25, -0.2) is 18.7 Å². The number of benzene rings is 2. The van der Waals surface area contributed by atoms with Crippen LogP contribution in [0, 0.1) is 18.6 Å². The van der Waals surface area contributed by atoms with Crippen molar-refractivity contribution >= 4 is 16.7 Å². The van der Waals surface area contributed by atoms with E-state index in [1.165, 1.54) is 41.5 Å². The number of rotatable bonds is 5. The van der Waals surface area contributed by atoms with E-state index in [0.29, 0.717) is 22.5 Å². The van der Waals surface area contributed by atoms with E-state index in [0.717, 1.165) is 12.8 Å². The molecule has 2 heterocycles. The van der Waals surface area contributed by atoms with Crippen molar-refractivity contribution in [2.75, 3.05) is 0 Å². The maximum atomic E-state index is 14.7. The van der Waals surface area contributed by atoms with Crippen LogP contribution in [-0.4, -0.2) is 20.4 Å². The minimum Gasteiger partial charge on any atom is -0.348 e. The lowest BCUT2D eigenvalue weighted by molar-refractivity contribution is 0.0951. The monoisotopic (exact) mass is 446 g/mol. The molecule has 6 nitrogen and oxygen atoms in total. The Kier molecular flexibility index (Phi) is 5.20. The molecule has 1 saturated carbocycles. The third kappa shape index (κ3) is 3.67. The van der Waals surface area contributed by atoms with Crippen molar-refractivity contribution < 1.29 is 13.6 Å². The average Bonchev–Trinajstić information content (AvgIpc) is 3.63. The summed E-state index contributed by atoms with van der Waals surface area (Å²) in [5.74, 6) is -1.31. The fourth-order valence-electron chi connectivity index (χ4n) is 4.35. The zero-order valence-electron chi connectivity index (χ0n) is 17.8. The summed E-state index contributed by atoms with van der Waals surface area (Å²) in [5, 5.41) is 2.86. The number of halogens is 2. The summed E-state index contributed by atoms with van der Waals surface area (Å²) in [6, 6.07) is 9.03. The van der Waals surface area contributed by atoms with Gasteiger partial charge in [0.1, 0.15) is 18.0 Å². The van der Waals surface area contributed by atoms with Crippen LogP contribution >= 0.6 is 0 Å². The first-order chi connectivity index (χ1) is 16.0. The highest BCUT2D eigenvalue weighted by Crippen LogP contribution is 2.43. The second kappa shape index (κ2) is 8.20. The van der Waals surface area contributed by atoms with Crippen molar-refractivity contribution in [2.24, 2.45) is 0 Å². The van der Waals surface area contributed by atoms with Gasteiger partial charge in [0.2, 0.25) is 0 Å². The number of hydrogen-bond donors (Lipinski definition) is 1. The van der Waals surface area contributed by atoms with Gasteiger partial charge in [-0.3, -0.25) is 14.2 Å². The van der Waals surface area contributed by atoms with Crippen molar-refractivity contribution in [1.29, 1.82) is 0 Å². The van der Waals surface area contributed by atoms with Crippen LogP contribution in [0.5, 0.6) is 0 Å². The number of carbonyl (C=O) groups excluding carboxylic acids is 1. The van der Waals surface area contributed by atoms with E-state index >= 15 is 0 Å². The molecule has 1 aliphatic rings. The Bertz CT molecular complexity index is 1450. The zero-order valence-corrected chi connectivity index (χ0v) is 17.8. The Balaban J connectivity index is 1.61. The van der Waals surface area contributed by atoms with Crippen molar-refractivity contribution in [3.8, 4) is 5.69 Å². The van der Waals surface area contributed by atoms with Gasteiger partial charge in [-0.05, 0) is 48.9 Å². The molecule has 0 atom stereocenters. The fourth-order valence-corrected chi connectivity index (χ4v) is 4.35. The number of hydrogen-bond acceptors (Lipinski definition) is 4. The highest BCUT2D eigenvalue weighted by Gasteiger charge is 2.29. The summed E-state index contributed by atoms with van der Waals surface area (Å²) in [5.41, 5.74) is 1.55. The molecule has 0 saturated heterocycles. The second-order valence-electron chi connectivity index (χ2n) is 8.13. The molecule has 0 unspecified atom stereocenters.